The number of carbonyl (C=O) groups excluding carboxylic acids is 4. The summed E-state index contributed by atoms with van der Waals surface area (Å²) in [6.45, 7) is 1.23. The molecular weight excluding hydrogens is 258 g/mol. The molecule has 0 aromatic heterocycles. The average molecular weight is 268 g/mol. The molecule has 5 nitrogen and oxygen atoms in total. The minimum absolute atomic E-state index is 0. The molecule has 1 aliphatic rings. The molecule has 0 aliphatic carbocycles. The number of carbonyl (C=O) groups is 4. The second kappa shape index (κ2) is 4.70. The van der Waals surface area contributed by atoms with Crippen LogP contribution in [0.25, 0.3) is 0 Å². The fourth-order valence-electron chi connectivity index (χ4n) is 1.76. The van der Waals surface area contributed by atoms with E-state index in [1.165, 1.54) is 19.1 Å². The number of benzene rings is 1. The Bertz CT molecular complexity index is 498. The van der Waals surface area contributed by atoms with Crippen molar-refractivity contribution >= 4 is 36.8 Å². The SMILES string of the molecule is CC(C=O)(C=O)N1C(=O)c2ccccc2C1=O.Cl. The first-order chi connectivity index (χ1) is 8.05. The van der Waals surface area contributed by atoms with Gasteiger partial charge >= 0.3 is 0 Å². The molecule has 1 aromatic rings. The highest BCUT2D eigenvalue weighted by Crippen LogP contribution is 2.27. The van der Waals surface area contributed by atoms with Gasteiger partial charge in [0.05, 0.1) is 11.1 Å². The van der Waals surface area contributed by atoms with Gasteiger partial charge < -0.3 is 9.59 Å². The van der Waals surface area contributed by atoms with Gasteiger partial charge in [0.2, 0.25) is 0 Å². The monoisotopic (exact) mass is 267 g/mol. The lowest BCUT2D eigenvalue weighted by molar-refractivity contribution is -0.125. The molecule has 1 aliphatic heterocycles. The van der Waals surface area contributed by atoms with Crippen molar-refractivity contribution in [1.82, 2.24) is 4.90 Å². The Hall–Kier alpha value is -2.01. The van der Waals surface area contributed by atoms with Crippen LogP contribution < -0.4 is 0 Å². The Labute approximate surface area is 109 Å². The van der Waals surface area contributed by atoms with Gasteiger partial charge in [0, 0.05) is 0 Å². The Morgan fingerprint density at radius 1 is 1.00 bits per heavy atom. The van der Waals surface area contributed by atoms with Crippen LogP contribution in [0, 0.1) is 0 Å². The number of hydrogen-bond acceptors (Lipinski definition) is 4. The summed E-state index contributed by atoms with van der Waals surface area (Å²) >= 11 is 0. The van der Waals surface area contributed by atoms with Gasteiger partial charge in [-0.15, -0.1) is 12.4 Å². The summed E-state index contributed by atoms with van der Waals surface area (Å²) in [5, 5.41) is 0. The summed E-state index contributed by atoms with van der Waals surface area (Å²) in [6.07, 6.45) is 0.587. The Morgan fingerprint density at radius 2 is 1.39 bits per heavy atom. The van der Waals surface area contributed by atoms with E-state index in [4.69, 9.17) is 0 Å². The standard InChI is InChI=1S/C12H9NO4.ClH/c1-12(6-14,7-15)13-10(16)8-4-2-3-5-9(8)11(13)17;/h2-7H,1H3;1H. The minimum Gasteiger partial charge on any atom is -0.300 e. The maximum atomic E-state index is 12.0. The Kier molecular flexibility index (Phi) is 3.67. The topological polar surface area (TPSA) is 71.5 Å². The van der Waals surface area contributed by atoms with Crippen molar-refractivity contribution in [2.45, 2.75) is 12.5 Å². The Morgan fingerprint density at radius 3 is 1.72 bits per heavy atom. The Balaban J connectivity index is 0.00000162. The van der Waals surface area contributed by atoms with E-state index in [9.17, 15) is 19.2 Å². The molecule has 2 amide bonds. The molecule has 0 bridgehead atoms. The summed E-state index contributed by atoms with van der Waals surface area (Å²) < 4.78 is 0. The number of amides is 2. The van der Waals surface area contributed by atoms with E-state index in [-0.39, 0.29) is 23.5 Å². The molecule has 0 N–H and O–H groups in total. The summed E-state index contributed by atoms with van der Waals surface area (Å²) in [7, 11) is 0. The first kappa shape index (κ1) is 14.1. The summed E-state index contributed by atoms with van der Waals surface area (Å²) in [5.41, 5.74) is -1.31. The van der Waals surface area contributed by atoms with Gasteiger partial charge in [0.25, 0.3) is 11.8 Å². The lowest BCUT2D eigenvalue weighted by Gasteiger charge is -2.26. The van der Waals surface area contributed by atoms with Crippen LogP contribution in [0.4, 0.5) is 0 Å². The highest BCUT2D eigenvalue weighted by Gasteiger charge is 2.46. The lowest BCUT2D eigenvalue weighted by Crippen LogP contribution is -2.52. The number of fused-ring (bicyclic) bond motifs is 1. The van der Waals surface area contributed by atoms with E-state index in [0.717, 1.165) is 0 Å². The van der Waals surface area contributed by atoms with Crippen molar-refractivity contribution in [3.8, 4) is 0 Å². The molecule has 0 atom stereocenters. The van der Waals surface area contributed by atoms with Crippen molar-refractivity contribution in [3.63, 3.8) is 0 Å². The van der Waals surface area contributed by atoms with Gasteiger partial charge in [-0.1, -0.05) is 12.1 Å². The molecule has 18 heavy (non-hydrogen) atoms. The number of halogens is 1. The van der Waals surface area contributed by atoms with Gasteiger partial charge in [-0.2, -0.15) is 0 Å². The fourth-order valence-corrected chi connectivity index (χ4v) is 1.76. The lowest BCUT2D eigenvalue weighted by atomic mass is 10.1. The highest BCUT2D eigenvalue weighted by molar-refractivity contribution is 6.24. The molecular formula is C12H10ClNO4. The third kappa shape index (κ3) is 1.73. The quantitative estimate of drug-likeness (QED) is 0.463. The molecule has 1 heterocycles. The molecule has 94 valence electrons. The zero-order valence-corrected chi connectivity index (χ0v) is 10.3. The summed E-state index contributed by atoms with van der Waals surface area (Å²) in [4.78, 5) is 46.4. The van der Waals surface area contributed by atoms with Crippen molar-refractivity contribution in [1.29, 1.82) is 0 Å². The van der Waals surface area contributed by atoms with Gasteiger partial charge in [-0.3, -0.25) is 14.5 Å². The van der Waals surface area contributed by atoms with Gasteiger partial charge in [-0.05, 0) is 19.1 Å². The molecule has 2 rings (SSSR count). The van der Waals surface area contributed by atoms with Crippen LogP contribution in [0.1, 0.15) is 27.6 Å². The van der Waals surface area contributed by atoms with Crippen molar-refractivity contribution in [3.05, 3.63) is 35.4 Å². The summed E-state index contributed by atoms with van der Waals surface area (Å²) in [6, 6.07) is 6.22. The number of aldehydes is 2. The zero-order chi connectivity index (χ0) is 12.6. The number of imide groups is 1. The second-order valence-corrected chi connectivity index (χ2v) is 3.95. The molecule has 0 fully saturated rings. The van der Waals surface area contributed by atoms with Gasteiger partial charge in [0.1, 0.15) is 0 Å². The third-order valence-electron chi connectivity index (χ3n) is 2.75. The van der Waals surface area contributed by atoms with Crippen LogP contribution in [-0.4, -0.2) is 34.8 Å². The zero-order valence-electron chi connectivity index (χ0n) is 9.45. The van der Waals surface area contributed by atoms with Crippen LogP contribution >= 0.6 is 12.4 Å². The number of nitrogens with zero attached hydrogens (tertiary/aromatic N) is 1. The maximum absolute atomic E-state index is 12.0. The number of rotatable bonds is 3. The molecule has 6 heteroatoms. The minimum atomic E-state index is -1.74. The van der Waals surface area contributed by atoms with E-state index in [2.05, 4.69) is 0 Å². The molecule has 1 aromatic carbocycles. The highest BCUT2D eigenvalue weighted by atomic mass is 35.5. The predicted octanol–water partition coefficient (Wildman–Crippen LogP) is 0.861. The van der Waals surface area contributed by atoms with Crippen LogP contribution in [0.2, 0.25) is 0 Å². The average Bonchev–Trinajstić information content (AvgIpc) is 2.62. The van der Waals surface area contributed by atoms with E-state index in [0.29, 0.717) is 17.5 Å². The van der Waals surface area contributed by atoms with Crippen LogP contribution in [0.3, 0.4) is 0 Å². The maximum Gasteiger partial charge on any atom is 0.262 e. The second-order valence-electron chi connectivity index (χ2n) is 3.95. The smallest absolute Gasteiger partial charge is 0.262 e. The van der Waals surface area contributed by atoms with Gasteiger partial charge in [0.15, 0.2) is 18.1 Å². The van der Waals surface area contributed by atoms with Crippen LogP contribution in [0.5, 0.6) is 0 Å². The molecule has 0 unspecified atom stereocenters. The molecule has 0 saturated carbocycles. The van der Waals surface area contributed by atoms with Crippen molar-refractivity contribution in [2.24, 2.45) is 0 Å². The van der Waals surface area contributed by atoms with E-state index < -0.39 is 17.4 Å². The van der Waals surface area contributed by atoms with E-state index in [1.807, 2.05) is 0 Å². The number of hydrogen-bond donors (Lipinski definition) is 0. The first-order valence-electron chi connectivity index (χ1n) is 4.96. The van der Waals surface area contributed by atoms with Crippen LogP contribution in [-0.2, 0) is 9.59 Å². The predicted molar refractivity (Wildman–Crippen MR) is 64.7 cm³/mol. The fraction of sp³-hybridized carbons (Fsp3) is 0.167. The van der Waals surface area contributed by atoms with E-state index in [1.54, 1.807) is 12.1 Å². The first-order valence-corrected chi connectivity index (χ1v) is 4.96. The van der Waals surface area contributed by atoms with Crippen LogP contribution in [0.15, 0.2) is 24.3 Å². The van der Waals surface area contributed by atoms with E-state index >= 15 is 0 Å². The third-order valence-corrected chi connectivity index (χ3v) is 2.75. The normalized spacial score (nSPS) is 13.9. The van der Waals surface area contributed by atoms with Gasteiger partial charge in [-0.25, -0.2) is 0 Å². The van der Waals surface area contributed by atoms with Crippen molar-refractivity contribution < 1.29 is 19.2 Å². The molecule has 0 radical (unpaired) electrons. The molecule has 0 spiro atoms. The largest absolute Gasteiger partial charge is 0.300 e. The molecule has 0 saturated heterocycles. The van der Waals surface area contributed by atoms with Crippen molar-refractivity contribution in [2.75, 3.05) is 0 Å². The summed E-state index contributed by atoms with van der Waals surface area (Å²) in [5.74, 6) is -1.24.